The number of benzene rings is 1. The van der Waals surface area contributed by atoms with Crippen molar-refractivity contribution in [3.63, 3.8) is 0 Å². The monoisotopic (exact) mass is 346 g/mol. The molecule has 1 aliphatic heterocycles. The molecule has 1 heterocycles. The van der Waals surface area contributed by atoms with Crippen LogP contribution in [0.2, 0.25) is 0 Å². The molecule has 1 aromatic rings. The summed E-state index contributed by atoms with van der Waals surface area (Å²) in [5.74, 6) is 2.17. The number of carbonyl (C=O) groups is 1. The van der Waals surface area contributed by atoms with Crippen molar-refractivity contribution in [3.8, 4) is 11.5 Å². The van der Waals surface area contributed by atoms with Gasteiger partial charge in [0.25, 0.3) is 5.91 Å². The Labute approximate surface area is 150 Å². The summed E-state index contributed by atoms with van der Waals surface area (Å²) in [7, 11) is 3.20. The van der Waals surface area contributed by atoms with Gasteiger partial charge in [-0.3, -0.25) is 9.69 Å². The van der Waals surface area contributed by atoms with E-state index in [1.165, 1.54) is 25.7 Å². The number of nitrogens with zero attached hydrogens (tertiary/aromatic N) is 2. The van der Waals surface area contributed by atoms with E-state index in [-0.39, 0.29) is 5.91 Å². The topological polar surface area (TPSA) is 42.0 Å². The van der Waals surface area contributed by atoms with Crippen LogP contribution in [0.4, 0.5) is 0 Å². The van der Waals surface area contributed by atoms with Crippen LogP contribution in [0.25, 0.3) is 0 Å². The minimum Gasteiger partial charge on any atom is -0.493 e. The Balaban J connectivity index is 1.60. The van der Waals surface area contributed by atoms with E-state index in [2.05, 4.69) is 11.8 Å². The summed E-state index contributed by atoms with van der Waals surface area (Å²) < 4.78 is 10.6. The van der Waals surface area contributed by atoms with Crippen molar-refractivity contribution in [2.45, 2.75) is 38.6 Å². The van der Waals surface area contributed by atoms with Crippen LogP contribution in [0.1, 0.15) is 43.0 Å². The van der Waals surface area contributed by atoms with E-state index in [9.17, 15) is 4.79 Å². The summed E-state index contributed by atoms with van der Waals surface area (Å²) in [5, 5.41) is 0. The van der Waals surface area contributed by atoms with Crippen molar-refractivity contribution in [1.29, 1.82) is 0 Å². The van der Waals surface area contributed by atoms with Gasteiger partial charge in [-0.2, -0.15) is 0 Å². The van der Waals surface area contributed by atoms with Crippen molar-refractivity contribution in [1.82, 2.24) is 9.80 Å². The highest BCUT2D eigenvalue weighted by Crippen LogP contribution is 2.29. The van der Waals surface area contributed by atoms with Crippen LogP contribution in [0.15, 0.2) is 18.2 Å². The van der Waals surface area contributed by atoms with Crippen molar-refractivity contribution in [2.24, 2.45) is 5.92 Å². The van der Waals surface area contributed by atoms with E-state index < -0.39 is 0 Å². The third-order valence-electron chi connectivity index (χ3n) is 5.66. The second kappa shape index (κ2) is 8.09. The van der Waals surface area contributed by atoms with Gasteiger partial charge in [0.1, 0.15) is 0 Å². The quantitative estimate of drug-likeness (QED) is 0.840. The number of ether oxygens (including phenoxy) is 2. The number of piperazine rings is 1. The van der Waals surface area contributed by atoms with Crippen LogP contribution in [0, 0.1) is 5.92 Å². The van der Waals surface area contributed by atoms with Gasteiger partial charge in [0.05, 0.1) is 14.2 Å². The molecule has 2 aliphatic rings. The van der Waals surface area contributed by atoms with Crippen LogP contribution < -0.4 is 9.47 Å². The summed E-state index contributed by atoms with van der Waals surface area (Å²) in [6.45, 7) is 5.94. The molecule has 3 rings (SSSR count). The van der Waals surface area contributed by atoms with E-state index in [1.807, 2.05) is 11.0 Å². The molecule has 25 heavy (non-hydrogen) atoms. The number of amides is 1. The van der Waals surface area contributed by atoms with E-state index >= 15 is 0 Å². The number of methoxy groups -OCH3 is 2. The standard InChI is InChI=1S/C20H30N2O3/c1-15-5-4-6-17(13-15)21-9-11-22(12-10-21)20(23)16-7-8-18(24-2)19(14-16)25-3/h7-8,14-15,17H,4-6,9-13H2,1-3H3/t15-,17-/m0/s1. The molecule has 0 unspecified atom stereocenters. The molecule has 0 spiro atoms. The maximum Gasteiger partial charge on any atom is 0.254 e. The van der Waals surface area contributed by atoms with Crippen LogP contribution in [0.3, 0.4) is 0 Å². The molecular formula is C20H30N2O3. The van der Waals surface area contributed by atoms with Crippen LogP contribution in [-0.2, 0) is 0 Å². The summed E-state index contributed by atoms with van der Waals surface area (Å²) >= 11 is 0. The molecule has 0 aromatic heterocycles. The van der Waals surface area contributed by atoms with Gasteiger partial charge in [-0.1, -0.05) is 19.8 Å². The number of rotatable bonds is 4. The third-order valence-corrected chi connectivity index (χ3v) is 5.66. The molecule has 1 saturated heterocycles. The Bertz CT molecular complexity index is 597. The molecule has 5 nitrogen and oxygen atoms in total. The lowest BCUT2D eigenvalue weighted by atomic mass is 9.86. The average molecular weight is 346 g/mol. The first-order valence-corrected chi connectivity index (χ1v) is 9.37. The van der Waals surface area contributed by atoms with Crippen LogP contribution in [-0.4, -0.2) is 62.1 Å². The fourth-order valence-corrected chi connectivity index (χ4v) is 4.18. The number of hydrogen-bond acceptors (Lipinski definition) is 4. The Morgan fingerprint density at radius 3 is 2.40 bits per heavy atom. The summed E-state index contributed by atoms with van der Waals surface area (Å²) in [5.41, 5.74) is 0.664. The summed E-state index contributed by atoms with van der Waals surface area (Å²) in [6.07, 6.45) is 5.34. The van der Waals surface area contributed by atoms with Crippen LogP contribution in [0.5, 0.6) is 11.5 Å². The Morgan fingerprint density at radius 2 is 1.76 bits per heavy atom. The Morgan fingerprint density at radius 1 is 1.04 bits per heavy atom. The molecule has 1 amide bonds. The first-order chi connectivity index (χ1) is 12.1. The highest BCUT2D eigenvalue weighted by molar-refractivity contribution is 5.95. The fourth-order valence-electron chi connectivity index (χ4n) is 4.18. The first-order valence-electron chi connectivity index (χ1n) is 9.37. The predicted molar refractivity (Wildman–Crippen MR) is 98.4 cm³/mol. The van der Waals surface area contributed by atoms with Crippen molar-refractivity contribution < 1.29 is 14.3 Å². The molecule has 5 heteroatoms. The lowest BCUT2D eigenvalue weighted by Gasteiger charge is -2.42. The zero-order valence-corrected chi connectivity index (χ0v) is 15.7. The van der Waals surface area contributed by atoms with Gasteiger partial charge in [-0.25, -0.2) is 0 Å². The van der Waals surface area contributed by atoms with Gasteiger partial charge < -0.3 is 14.4 Å². The second-order valence-electron chi connectivity index (χ2n) is 7.32. The molecule has 2 atom stereocenters. The molecule has 1 aromatic carbocycles. The van der Waals surface area contributed by atoms with Crippen molar-refractivity contribution in [2.75, 3.05) is 40.4 Å². The van der Waals surface area contributed by atoms with E-state index in [0.29, 0.717) is 23.1 Å². The van der Waals surface area contributed by atoms with Crippen LogP contribution >= 0.6 is 0 Å². The SMILES string of the molecule is COc1ccc(C(=O)N2CCN([C@H]3CCC[C@H](C)C3)CC2)cc1OC. The molecule has 2 fully saturated rings. The fraction of sp³-hybridized carbons (Fsp3) is 0.650. The maximum atomic E-state index is 12.8. The molecule has 1 saturated carbocycles. The Hall–Kier alpha value is -1.75. The molecule has 138 valence electrons. The van der Waals surface area contributed by atoms with Crippen molar-refractivity contribution in [3.05, 3.63) is 23.8 Å². The zero-order valence-electron chi connectivity index (χ0n) is 15.7. The molecular weight excluding hydrogens is 316 g/mol. The normalized spacial score (nSPS) is 24.8. The molecule has 1 aliphatic carbocycles. The third kappa shape index (κ3) is 4.09. The highest BCUT2D eigenvalue weighted by atomic mass is 16.5. The molecule has 0 radical (unpaired) electrons. The lowest BCUT2D eigenvalue weighted by molar-refractivity contribution is 0.0488. The zero-order chi connectivity index (χ0) is 17.8. The number of hydrogen-bond donors (Lipinski definition) is 0. The smallest absolute Gasteiger partial charge is 0.254 e. The largest absolute Gasteiger partial charge is 0.493 e. The van der Waals surface area contributed by atoms with Gasteiger partial charge in [0.2, 0.25) is 0 Å². The average Bonchev–Trinajstić information content (AvgIpc) is 2.67. The van der Waals surface area contributed by atoms with E-state index in [0.717, 1.165) is 32.1 Å². The molecule has 0 N–H and O–H groups in total. The molecule has 0 bridgehead atoms. The van der Waals surface area contributed by atoms with Gasteiger partial charge >= 0.3 is 0 Å². The van der Waals surface area contributed by atoms with Gasteiger partial charge in [-0.05, 0) is 37.0 Å². The number of carbonyl (C=O) groups excluding carboxylic acids is 1. The van der Waals surface area contributed by atoms with Gasteiger partial charge in [0, 0.05) is 37.8 Å². The highest BCUT2D eigenvalue weighted by Gasteiger charge is 2.29. The van der Waals surface area contributed by atoms with E-state index in [1.54, 1.807) is 26.4 Å². The Kier molecular flexibility index (Phi) is 5.84. The van der Waals surface area contributed by atoms with E-state index in [4.69, 9.17) is 9.47 Å². The maximum absolute atomic E-state index is 12.8. The summed E-state index contributed by atoms with van der Waals surface area (Å²) in [6, 6.07) is 6.10. The predicted octanol–water partition coefficient (Wildman–Crippen LogP) is 3.04. The first kappa shape index (κ1) is 18.1. The van der Waals surface area contributed by atoms with Crippen molar-refractivity contribution >= 4 is 5.91 Å². The summed E-state index contributed by atoms with van der Waals surface area (Å²) in [4.78, 5) is 17.4. The minimum atomic E-state index is 0.0811. The van der Waals surface area contributed by atoms with Gasteiger partial charge in [0.15, 0.2) is 11.5 Å². The minimum absolute atomic E-state index is 0.0811. The second-order valence-corrected chi connectivity index (χ2v) is 7.32. The van der Waals surface area contributed by atoms with Gasteiger partial charge in [-0.15, -0.1) is 0 Å². The lowest BCUT2D eigenvalue weighted by Crippen LogP contribution is -2.52.